The minimum atomic E-state index is 0.601. The molecule has 0 aliphatic carbocycles. The van der Waals surface area contributed by atoms with Crippen molar-refractivity contribution in [3.63, 3.8) is 0 Å². The van der Waals surface area contributed by atoms with Crippen molar-refractivity contribution in [3.05, 3.63) is 34.9 Å². The molecule has 1 aromatic carbocycles. The second-order valence-corrected chi connectivity index (χ2v) is 5.59. The molecular weight excluding hydrogens is 208 g/mol. The van der Waals surface area contributed by atoms with Gasteiger partial charge in [-0.15, -0.1) is 0 Å². The van der Waals surface area contributed by atoms with Crippen molar-refractivity contribution in [2.45, 2.75) is 46.3 Å². The van der Waals surface area contributed by atoms with E-state index in [1.165, 1.54) is 16.7 Å². The van der Waals surface area contributed by atoms with Gasteiger partial charge in [-0.1, -0.05) is 23.8 Å². The Labute approximate surface area is 105 Å². The molecule has 17 heavy (non-hydrogen) atoms. The van der Waals surface area contributed by atoms with Crippen molar-refractivity contribution in [1.29, 1.82) is 0 Å². The second kappa shape index (κ2) is 5.19. The van der Waals surface area contributed by atoms with E-state index in [-0.39, 0.29) is 0 Å². The van der Waals surface area contributed by atoms with Crippen LogP contribution in [0, 0.1) is 13.8 Å². The standard InChI is InChI=1S/C15H24N2/c1-11-5-6-12(2)15(7-11)10-17-8-13(3)16-14(4)9-17/h5-7,13-14,16H,8-10H2,1-4H3. The third-order valence-corrected chi connectivity index (χ3v) is 3.53. The molecule has 2 nitrogen and oxygen atoms in total. The lowest BCUT2D eigenvalue weighted by Gasteiger charge is -2.36. The Morgan fingerprint density at radius 3 is 2.47 bits per heavy atom. The minimum absolute atomic E-state index is 0.601. The summed E-state index contributed by atoms with van der Waals surface area (Å²) in [6.45, 7) is 12.3. The molecule has 0 radical (unpaired) electrons. The largest absolute Gasteiger partial charge is 0.309 e. The zero-order valence-electron chi connectivity index (χ0n) is 11.5. The van der Waals surface area contributed by atoms with Gasteiger partial charge in [0.2, 0.25) is 0 Å². The number of rotatable bonds is 2. The third kappa shape index (κ3) is 3.30. The first kappa shape index (κ1) is 12.6. The molecule has 2 unspecified atom stereocenters. The maximum absolute atomic E-state index is 3.58. The van der Waals surface area contributed by atoms with Gasteiger partial charge in [-0.3, -0.25) is 4.90 Å². The molecule has 1 aliphatic rings. The van der Waals surface area contributed by atoms with Gasteiger partial charge < -0.3 is 5.32 Å². The summed E-state index contributed by atoms with van der Waals surface area (Å²) in [4.78, 5) is 2.56. The Bertz CT molecular complexity index is 377. The van der Waals surface area contributed by atoms with Crippen molar-refractivity contribution in [1.82, 2.24) is 10.2 Å². The van der Waals surface area contributed by atoms with Crippen molar-refractivity contribution < 1.29 is 0 Å². The van der Waals surface area contributed by atoms with Crippen LogP contribution in [0.15, 0.2) is 18.2 Å². The SMILES string of the molecule is Cc1ccc(C)c(CN2CC(C)NC(C)C2)c1. The molecule has 2 heteroatoms. The Balaban J connectivity index is 2.07. The lowest BCUT2D eigenvalue weighted by atomic mass is 10.0. The molecule has 2 rings (SSSR count). The highest BCUT2D eigenvalue weighted by atomic mass is 15.2. The van der Waals surface area contributed by atoms with Crippen LogP contribution in [0.25, 0.3) is 0 Å². The van der Waals surface area contributed by atoms with Gasteiger partial charge in [-0.25, -0.2) is 0 Å². The highest BCUT2D eigenvalue weighted by molar-refractivity contribution is 5.30. The Hall–Kier alpha value is -0.860. The Morgan fingerprint density at radius 2 is 1.82 bits per heavy atom. The first-order valence-corrected chi connectivity index (χ1v) is 6.59. The van der Waals surface area contributed by atoms with Gasteiger partial charge in [0.15, 0.2) is 0 Å². The summed E-state index contributed by atoms with van der Waals surface area (Å²) in [6.07, 6.45) is 0. The maximum Gasteiger partial charge on any atom is 0.0237 e. The number of nitrogens with zero attached hydrogens (tertiary/aromatic N) is 1. The topological polar surface area (TPSA) is 15.3 Å². The summed E-state index contributed by atoms with van der Waals surface area (Å²) in [5, 5.41) is 3.58. The number of aryl methyl sites for hydroxylation is 2. The zero-order chi connectivity index (χ0) is 12.4. The predicted molar refractivity (Wildman–Crippen MR) is 73.3 cm³/mol. The van der Waals surface area contributed by atoms with Crippen molar-refractivity contribution >= 4 is 0 Å². The fourth-order valence-corrected chi connectivity index (χ4v) is 2.78. The van der Waals surface area contributed by atoms with Crippen LogP contribution in [0.5, 0.6) is 0 Å². The highest BCUT2D eigenvalue weighted by Gasteiger charge is 2.21. The third-order valence-electron chi connectivity index (χ3n) is 3.53. The van der Waals surface area contributed by atoms with E-state index in [1.807, 2.05) is 0 Å². The Kier molecular flexibility index (Phi) is 3.85. The molecule has 1 saturated heterocycles. The molecule has 2 atom stereocenters. The van der Waals surface area contributed by atoms with Crippen LogP contribution in [0.1, 0.15) is 30.5 Å². The molecule has 0 amide bonds. The van der Waals surface area contributed by atoms with Gasteiger partial charge in [-0.2, -0.15) is 0 Å². The molecule has 1 heterocycles. The van der Waals surface area contributed by atoms with Crippen LogP contribution >= 0.6 is 0 Å². The fraction of sp³-hybridized carbons (Fsp3) is 0.600. The quantitative estimate of drug-likeness (QED) is 0.843. The fourth-order valence-electron chi connectivity index (χ4n) is 2.78. The van der Waals surface area contributed by atoms with E-state index >= 15 is 0 Å². The van der Waals surface area contributed by atoms with E-state index in [0.717, 1.165) is 19.6 Å². The summed E-state index contributed by atoms with van der Waals surface area (Å²) < 4.78 is 0. The number of hydrogen-bond acceptors (Lipinski definition) is 2. The van der Waals surface area contributed by atoms with Gasteiger partial charge in [0.25, 0.3) is 0 Å². The average Bonchev–Trinajstić information content (AvgIpc) is 2.22. The molecule has 94 valence electrons. The number of piperazine rings is 1. The van der Waals surface area contributed by atoms with Crippen LogP contribution in [0.4, 0.5) is 0 Å². The molecule has 0 saturated carbocycles. The first-order chi connectivity index (χ1) is 8.04. The van der Waals surface area contributed by atoms with E-state index in [4.69, 9.17) is 0 Å². The van der Waals surface area contributed by atoms with Crippen molar-refractivity contribution in [2.75, 3.05) is 13.1 Å². The van der Waals surface area contributed by atoms with Crippen molar-refractivity contribution in [2.24, 2.45) is 0 Å². The molecule has 1 aliphatic heterocycles. The van der Waals surface area contributed by atoms with Gasteiger partial charge in [0.05, 0.1) is 0 Å². The highest BCUT2D eigenvalue weighted by Crippen LogP contribution is 2.15. The number of nitrogens with one attached hydrogen (secondary N) is 1. The van der Waals surface area contributed by atoms with E-state index in [2.05, 4.69) is 56.1 Å². The number of benzene rings is 1. The molecule has 1 N–H and O–H groups in total. The predicted octanol–water partition coefficient (Wildman–Crippen LogP) is 2.49. The van der Waals surface area contributed by atoms with Gasteiger partial charge in [0.1, 0.15) is 0 Å². The summed E-state index contributed by atoms with van der Waals surface area (Å²) in [5.41, 5.74) is 4.25. The summed E-state index contributed by atoms with van der Waals surface area (Å²) >= 11 is 0. The normalized spacial score (nSPS) is 26.1. The molecule has 0 spiro atoms. The van der Waals surface area contributed by atoms with E-state index in [9.17, 15) is 0 Å². The minimum Gasteiger partial charge on any atom is -0.309 e. The summed E-state index contributed by atoms with van der Waals surface area (Å²) in [5.74, 6) is 0. The van der Waals surface area contributed by atoms with Crippen molar-refractivity contribution in [3.8, 4) is 0 Å². The smallest absolute Gasteiger partial charge is 0.0237 e. The molecule has 1 fully saturated rings. The summed E-state index contributed by atoms with van der Waals surface area (Å²) in [6, 6.07) is 7.96. The molecule has 0 bridgehead atoms. The van der Waals surface area contributed by atoms with Gasteiger partial charge >= 0.3 is 0 Å². The van der Waals surface area contributed by atoms with E-state index in [1.54, 1.807) is 0 Å². The second-order valence-electron chi connectivity index (χ2n) is 5.59. The van der Waals surface area contributed by atoms with Gasteiger partial charge in [0, 0.05) is 31.7 Å². The lowest BCUT2D eigenvalue weighted by molar-refractivity contribution is 0.166. The van der Waals surface area contributed by atoms with Gasteiger partial charge in [-0.05, 0) is 38.8 Å². The Morgan fingerprint density at radius 1 is 1.18 bits per heavy atom. The van der Waals surface area contributed by atoms with Crippen LogP contribution in [-0.2, 0) is 6.54 Å². The molecule has 1 aromatic rings. The zero-order valence-corrected chi connectivity index (χ0v) is 11.5. The maximum atomic E-state index is 3.58. The summed E-state index contributed by atoms with van der Waals surface area (Å²) in [7, 11) is 0. The molecule has 0 aromatic heterocycles. The van der Waals surface area contributed by atoms with Crippen LogP contribution < -0.4 is 5.32 Å². The van der Waals surface area contributed by atoms with E-state index in [0.29, 0.717) is 12.1 Å². The lowest BCUT2D eigenvalue weighted by Crippen LogP contribution is -2.53. The van der Waals surface area contributed by atoms with Crippen LogP contribution in [-0.4, -0.2) is 30.1 Å². The van der Waals surface area contributed by atoms with E-state index < -0.39 is 0 Å². The molecular formula is C15H24N2. The van der Waals surface area contributed by atoms with Crippen LogP contribution in [0.3, 0.4) is 0 Å². The average molecular weight is 232 g/mol. The monoisotopic (exact) mass is 232 g/mol. The van der Waals surface area contributed by atoms with Crippen LogP contribution in [0.2, 0.25) is 0 Å². The number of hydrogen-bond donors (Lipinski definition) is 1. The first-order valence-electron chi connectivity index (χ1n) is 6.59.